The van der Waals surface area contributed by atoms with Gasteiger partial charge in [-0.1, -0.05) is 0 Å². The molecule has 1 rings (SSSR count). The largest absolute Gasteiger partial charge is 0.508 e. The first-order valence-corrected chi connectivity index (χ1v) is 5.72. The van der Waals surface area contributed by atoms with Gasteiger partial charge in [-0.25, -0.2) is 4.79 Å². The third kappa shape index (κ3) is 4.95. The van der Waals surface area contributed by atoms with Crippen molar-refractivity contribution in [3.05, 3.63) is 23.8 Å². The summed E-state index contributed by atoms with van der Waals surface area (Å²) in [5.74, 6) is 0.312. The number of carbonyl (C=O) groups is 1. The molecule has 0 aromatic heterocycles. The van der Waals surface area contributed by atoms with Gasteiger partial charge in [0.25, 0.3) is 0 Å². The van der Waals surface area contributed by atoms with Crippen LogP contribution in [0.15, 0.2) is 18.2 Å². The van der Waals surface area contributed by atoms with E-state index in [1.165, 1.54) is 12.1 Å². The first-order valence-electron chi connectivity index (χ1n) is 5.19. The zero-order chi connectivity index (χ0) is 13.1. The van der Waals surface area contributed by atoms with Crippen LogP contribution in [0.1, 0.15) is 26.3 Å². The fourth-order valence-electron chi connectivity index (χ4n) is 1.24. The van der Waals surface area contributed by atoms with Gasteiger partial charge in [0.05, 0.1) is 0 Å². The van der Waals surface area contributed by atoms with Crippen molar-refractivity contribution in [1.29, 1.82) is 0 Å². The molecular weight excluding hydrogens is 242 g/mol. The number of hydrogen-bond acceptors (Lipinski definition) is 3. The Hall–Kier alpha value is -1.42. The van der Waals surface area contributed by atoms with E-state index in [1.54, 1.807) is 26.8 Å². The quantitative estimate of drug-likeness (QED) is 0.798. The molecule has 1 amide bonds. The molecule has 0 aliphatic carbocycles. The summed E-state index contributed by atoms with van der Waals surface area (Å²) < 4.78 is 5.09. The number of nitrogens with one attached hydrogen (secondary N) is 1. The first-order chi connectivity index (χ1) is 7.80. The Labute approximate surface area is 106 Å². The van der Waals surface area contributed by atoms with Crippen LogP contribution in [0.3, 0.4) is 0 Å². The van der Waals surface area contributed by atoms with Gasteiger partial charge in [-0.15, -0.1) is 11.6 Å². The smallest absolute Gasteiger partial charge is 0.412 e. The summed E-state index contributed by atoms with van der Waals surface area (Å²) >= 11 is 5.66. The number of hydrogen-bond donors (Lipinski definition) is 2. The highest BCUT2D eigenvalue weighted by molar-refractivity contribution is 6.17. The fourth-order valence-corrected chi connectivity index (χ4v) is 1.40. The van der Waals surface area contributed by atoms with Crippen molar-refractivity contribution in [2.24, 2.45) is 0 Å². The number of carbonyl (C=O) groups excluding carboxylic acids is 1. The Morgan fingerprint density at radius 3 is 2.59 bits per heavy atom. The molecule has 0 heterocycles. The molecule has 0 bridgehead atoms. The van der Waals surface area contributed by atoms with Gasteiger partial charge in [-0.2, -0.15) is 0 Å². The average molecular weight is 258 g/mol. The van der Waals surface area contributed by atoms with Crippen molar-refractivity contribution >= 4 is 23.4 Å². The summed E-state index contributed by atoms with van der Waals surface area (Å²) in [5, 5.41) is 12.0. The van der Waals surface area contributed by atoms with Gasteiger partial charge in [-0.05, 0) is 38.5 Å². The van der Waals surface area contributed by atoms with E-state index in [2.05, 4.69) is 5.32 Å². The van der Waals surface area contributed by atoms with E-state index in [1.807, 2.05) is 0 Å². The van der Waals surface area contributed by atoms with E-state index in [9.17, 15) is 9.90 Å². The van der Waals surface area contributed by atoms with Gasteiger partial charge in [0.15, 0.2) is 0 Å². The van der Waals surface area contributed by atoms with Crippen molar-refractivity contribution in [3.63, 3.8) is 0 Å². The molecular formula is C12H16ClNO3. The molecule has 0 unspecified atom stereocenters. The normalized spacial score (nSPS) is 11.1. The summed E-state index contributed by atoms with van der Waals surface area (Å²) in [5.41, 5.74) is 0.614. The summed E-state index contributed by atoms with van der Waals surface area (Å²) in [6, 6.07) is 4.64. The molecule has 17 heavy (non-hydrogen) atoms. The van der Waals surface area contributed by atoms with Crippen molar-refractivity contribution in [3.8, 4) is 5.75 Å². The monoisotopic (exact) mass is 257 g/mol. The third-order valence-electron chi connectivity index (χ3n) is 1.78. The summed E-state index contributed by atoms with van der Waals surface area (Å²) in [6.45, 7) is 5.33. The predicted molar refractivity (Wildman–Crippen MR) is 67.5 cm³/mol. The van der Waals surface area contributed by atoms with Crippen LogP contribution in [0.4, 0.5) is 10.5 Å². The Morgan fingerprint density at radius 2 is 2.06 bits per heavy atom. The van der Waals surface area contributed by atoms with Gasteiger partial charge in [0.2, 0.25) is 0 Å². The van der Waals surface area contributed by atoms with Gasteiger partial charge in [-0.3, -0.25) is 5.32 Å². The lowest BCUT2D eigenvalue weighted by Gasteiger charge is -2.19. The van der Waals surface area contributed by atoms with Crippen LogP contribution >= 0.6 is 11.6 Å². The summed E-state index contributed by atoms with van der Waals surface area (Å²) in [7, 11) is 0. The number of phenols is 1. The SMILES string of the molecule is CC(C)(C)OC(=O)Nc1cc(O)cc(CCl)c1. The topological polar surface area (TPSA) is 58.6 Å². The van der Waals surface area contributed by atoms with Crippen LogP contribution < -0.4 is 5.32 Å². The van der Waals surface area contributed by atoms with E-state index >= 15 is 0 Å². The number of halogens is 1. The number of anilines is 1. The lowest BCUT2D eigenvalue weighted by atomic mass is 10.2. The lowest BCUT2D eigenvalue weighted by Crippen LogP contribution is -2.27. The number of phenolic OH excluding ortho intramolecular Hbond substituents is 1. The van der Waals surface area contributed by atoms with Crippen molar-refractivity contribution < 1.29 is 14.6 Å². The van der Waals surface area contributed by atoms with E-state index in [-0.39, 0.29) is 11.6 Å². The highest BCUT2D eigenvalue weighted by Gasteiger charge is 2.16. The highest BCUT2D eigenvalue weighted by atomic mass is 35.5. The number of aromatic hydroxyl groups is 1. The van der Waals surface area contributed by atoms with Gasteiger partial charge in [0.1, 0.15) is 11.4 Å². The summed E-state index contributed by atoms with van der Waals surface area (Å²) in [6.07, 6.45) is -0.566. The van der Waals surface area contributed by atoms with E-state index in [0.717, 1.165) is 5.56 Å². The van der Waals surface area contributed by atoms with E-state index < -0.39 is 11.7 Å². The Kier molecular flexibility index (Phi) is 4.23. The Balaban J connectivity index is 2.74. The van der Waals surface area contributed by atoms with Crippen molar-refractivity contribution in [1.82, 2.24) is 0 Å². The van der Waals surface area contributed by atoms with E-state index in [4.69, 9.17) is 16.3 Å². The molecule has 0 aliphatic heterocycles. The number of rotatable bonds is 2. The molecule has 4 nitrogen and oxygen atoms in total. The maximum Gasteiger partial charge on any atom is 0.412 e. The Bertz CT molecular complexity index is 413. The standard InChI is InChI=1S/C12H16ClNO3/c1-12(2,3)17-11(16)14-9-4-8(7-13)5-10(15)6-9/h4-6,15H,7H2,1-3H3,(H,14,16). The lowest BCUT2D eigenvalue weighted by molar-refractivity contribution is 0.0636. The number of amides is 1. The zero-order valence-electron chi connectivity index (χ0n) is 10.1. The zero-order valence-corrected chi connectivity index (χ0v) is 10.8. The molecule has 2 N–H and O–H groups in total. The molecule has 1 aromatic carbocycles. The molecule has 0 fully saturated rings. The van der Waals surface area contributed by atoms with E-state index in [0.29, 0.717) is 5.69 Å². The predicted octanol–water partition coefficient (Wildman–Crippen LogP) is 3.48. The fraction of sp³-hybridized carbons (Fsp3) is 0.417. The first kappa shape index (κ1) is 13.6. The molecule has 0 aliphatic rings. The molecule has 0 atom stereocenters. The molecule has 94 valence electrons. The van der Waals surface area contributed by atoms with Crippen LogP contribution in [0.25, 0.3) is 0 Å². The third-order valence-corrected chi connectivity index (χ3v) is 2.09. The second-order valence-electron chi connectivity index (χ2n) is 4.65. The number of benzene rings is 1. The number of ether oxygens (including phenoxy) is 1. The minimum atomic E-state index is -0.566. The van der Waals surface area contributed by atoms with Crippen molar-refractivity contribution in [2.45, 2.75) is 32.3 Å². The average Bonchev–Trinajstić information content (AvgIpc) is 2.13. The van der Waals surface area contributed by atoms with Crippen LogP contribution in [0.2, 0.25) is 0 Å². The highest BCUT2D eigenvalue weighted by Crippen LogP contribution is 2.21. The molecule has 0 radical (unpaired) electrons. The summed E-state index contributed by atoms with van der Waals surface area (Å²) in [4.78, 5) is 11.5. The molecule has 0 spiro atoms. The van der Waals surface area contributed by atoms with Crippen molar-refractivity contribution in [2.75, 3.05) is 5.32 Å². The maximum atomic E-state index is 11.5. The minimum absolute atomic E-state index is 0.0502. The number of alkyl halides is 1. The van der Waals surface area contributed by atoms with Gasteiger partial charge in [0, 0.05) is 17.6 Å². The second-order valence-corrected chi connectivity index (χ2v) is 4.92. The van der Waals surface area contributed by atoms with Crippen LogP contribution in [0.5, 0.6) is 5.75 Å². The minimum Gasteiger partial charge on any atom is -0.508 e. The molecule has 0 saturated carbocycles. The maximum absolute atomic E-state index is 11.5. The van der Waals surface area contributed by atoms with Gasteiger partial charge >= 0.3 is 6.09 Å². The molecule has 1 aromatic rings. The van der Waals surface area contributed by atoms with Crippen LogP contribution in [0, 0.1) is 0 Å². The van der Waals surface area contributed by atoms with Crippen LogP contribution in [-0.2, 0) is 10.6 Å². The molecule has 5 heteroatoms. The van der Waals surface area contributed by atoms with Crippen LogP contribution in [-0.4, -0.2) is 16.8 Å². The van der Waals surface area contributed by atoms with Gasteiger partial charge < -0.3 is 9.84 Å². The molecule has 0 saturated heterocycles. The second kappa shape index (κ2) is 5.27. The Morgan fingerprint density at radius 1 is 1.41 bits per heavy atom.